The highest BCUT2D eigenvalue weighted by atomic mass is 16.7. The maximum absolute atomic E-state index is 13.2. The van der Waals surface area contributed by atoms with Gasteiger partial charge in [0, 0.05) is 6.92 Å². The molecule has 1 heterocycles. The van der Waals surface area contributed by atoms with Crippen molar-refractivity contribution >= 4 is 23.9 Å². The molecule has 0 amide bonds. The summed E-state index contributed by atoms with van der Waals surface area (Å²) in [6.45, 7) is 1.11. The van der Waals surface area contributed by atoms with Gasteiger partial charge in [0.1, 0.15) is 6.10 Å². The first-order valence-corrected chi connectivity index (χ1v) is 12.5. The van der Waals surface area contributed by atoms with Crippen molar-refractivity contribution in [2.24, 2.45) is 0 Å². The van der Waals surface area contributed by atoms with Crippen LogP contribution in [0.2, 0.25) is 0 Å². The zero-order valence-electron chi connectivity index (χ0n) is 21.8. The molecule has 0 aromatic heterocycles. The predicted octanol–water partition coefficient (Wildman–Crippen LogP) is 3.48. The normalized spacial score (nSPS) is 22.0. The Morgan fingerprint density at radius 2 is 1.18 bits per heavy atom. The highest BCUT2D eigenvalue weighted by Gasteiger charge is 2.55. The van der Waals surface area contributed by atoms with Crippen LogP contribution < -0.4 is 0 Å². The van der Waals surface area contributed by atoms with Crippen LogP contribution in [-0.4, -0.2) is 61.7 Å². The van der Waals surface area contributed by atoms with E-state index in [9.17, 15) is 19.2 Å². The van der Waals surface area contributed by atoms with Crippen LogP contribution in [-0.2, 0) is 44.6 Å². The number of rotatable bonds is 9. The van der Waals surface area contributed by atoms with Crippen LogP contribution >= 0.6 is 0 Å². The van der Waals surface area contributed by atoms with Gasteiger partial charge in [-0.3, -0.25) is 4.79 Å². The minimum Gasteiger partial charge on any atom is -0.467 e. The number of methoxy groups -OCH3 is 1. The van der Waals surface area contributed by atoms with Crippen molar-refractivity contribution in [1.29, 1.82) is 0 Å². The molecule has 0 bridgehead atoms. The number of hydrogen-bond acceptors (Lipinski definition) is 10. The topological polar surface area (TPSA) is 124 Å². The zero-order chi connectivity index (χ0) is 28.5. The predicted molar refractivity (Wildman–Crippen MR) is 139 cm³/mol. The smallest absolute Gasteiger partial charge is 0.338 e. The number of carbonyl (C=O) groups is 4. The molecule has 0 N–H and O–H groups in total. The first kappa shape index (κ1) is 28.5. The summed E-state index contributed by atoms with van der Waals surface area (Å²) in [5.74, 6) is -3.24. The van der Waals surface area contributed by atoms with Crippen molar-refractivity contribution < 1.29 is 47.6 Å². The van der Waals surface area contributed by atoms with E-state index >= 15 is 0 Å². The average molecular weight is 549 g/mol. The van der Waals surface area contributed by atoms with E-state index in [1.54, 1.807) is 48.5 Å². The molecule has 1 saturated heterocycles. The second-order valence-electron chi connectivity index (χ2n) is 8.79. The van der Waals surface area contributed by atoms with Gasteiger partial charge < -0.3 is 28.4 Å². The molecule has 208 valence electrons. The van der Waals surface area contributed by atoms with Gasteiger partial charge in [-0.1, -0.05) is 66.7 Å². The van der Waals surface area contributed by atoms with E-state index in [-0.39, 0.29) is 17.7 Å². The fourth-order valence-electron chi connectivity index (χ4n) is 4.12. The van der Waals surface area contributed by atoms with Crippen LogP contribution in [0.15, 0.2) is 91.0 Å². The molecule has 10 nitrogen and oxygen atoms in total. The second kappa shape index (κ2) is 13.5. The van der Waals surface area contributed by atoms with Gasteiger partial charge in [0.2, 0.25) is 12.4 Å². The number of ether oxygens (including phenoxy) is 6. The molecule has 3 aromatic carbocycles. The van der Waals surface area contributed by atoms with Gasteiger partial charge in [0.05, 0.1) is 24.8 Å². The molecule has 0 spiro atoms. The van der Waals surface area contributed by atoms with Crippen molar-refractivity contribution in [2.75, 3.05) is 7.11 Å². The molecule has 0 aliphatic carbocycles. The first-order chi connectivity index (χ1) is 19.4. The van der Waals surface area contributed by atoms with Crippen molar-refractivity contribution in [3.8, 4) is 0 Å². The van der Waals surface area contributed by atoms with Gasteiger partial charge >= 0.3 is 23.9 Å². The molecule has 0 radical (unpaired) electrons. The monoisotopic (exact) mass is 548 g/mol. The minimum absolute atomic E-state index is 0.0146. The van der Waals surface area contributed by atoms with Crippen LogP contribution in [0.5, 0.6) is 0 Å². The summed E-state index contributed by atoms with van der Waals surface area (Å²) in [5, 5.41) is 0. The SMILES string of the molecule is COC(=O)[C@H]1O[C@@H](OC(C)=O)[C@H](OC(=O)c2ccccc2)[C@@H](OC(=O)c2ccccc2)[C@@H]1OCc1ccccc1. The molecule has 10 heteroatoms. The summed E-state index contributed by atoms with van der Waals surface area (Å²) < 4.78 is 33.7. The van der Waals surface area contributed by atoms with Crippen LogP contribution in [0.3, 0.4) is 0 Å². The van der Waals surface area contributed by atoms with Crippen LogP contribution in [0, 0.1) is 0 Å². The van der Waals surface area contributed by atoms with Crippen LogP contribution in [0.4, 0.5) is 0 Å². The van der Waals surface area contributed by atoms with Gasteiger partial charge in [0.25, 0.3) is 0 Å². The fourth-order valence-corrected chi connectivity index (χ4v) is 4.12. The largest absolute Gasteiger partial charge is 0.467 e. The Labute approximate surface area is 230 Å². The third-order valence-electron chi connectivity index (χ3n) is 6.00. The van der Waals surface area contributed by atoms with E-state index in [1.165, 1.54) is 24.3 Å². The Morgan fingerprint density at radius 3 is 1.68 bits per heavy atom. The zero-order valence-corrected chi connectivity index (χ0v) is 21.8. The molecule has 0 saturated carbocycles. The highest BCUT2D eigenvalue weighted by molar-refractivity contribution is 5.90. The number of benzene rings is 3. The summed E-state index contributed by atoms with van der Waals surface area (Å²) in [4.78, 5) is 51.2. The Hall–Kier alpha value is -4.54. The summed E-state index contributed by atoms with van der Waals surface area (Å²) in [6.07, 6.45) is -7.41. The third kappa shape index (κ3) is 7.10. The quantitative estimate of drug-likeness (QED) is 0.290. The van der Waals surface area contributed by atoms with E-state index in [4.69, 9.17) is 28.4 Å². The molecule has 0 unspecified atom stereocenters. The lowest BCUT2D eigenvalue weighted by Gasteiger charge is -2.43. The van der Waals surface area contributed by atoms with Gasteiger partial charge in [-0.05, 0) is 29.8 Å². The molecule has 4 rings (SSSR count). The Kier molecular flexibility index (Phi) is 9.61. The van der Waals surface area contributed by atoms with Crippen molar-refractivity contribution in [3.05, 3.63) is 108 Å². The summed E-state index contributed by atoms with van der Waals surface area (Å²) >= 11 is 0. The Morgan fingerprint density at radius 1 is 0.675 bits per heavy atom. The Bertz CT molecular complexity index is 1300. The third-order valence-corrected chi connectivity index (χ3v) is 6.00. The average Bonchev–Trinajstić information content (AvgIpc) is 2.98. The van der Waals surface area contributed by atoms with Gasteiger partial charge in [-0.2, -0.15) is 0 Å². The molecule has 1 aliphatic heterocycles. The number of hydrogen-bond donors (Lipinski definition) is 0. The lowest BCUT2D eigenvalue weighted by Crippen LogP contribution is -2.63. The Balaban J connectivity index is 1.74. The molecule has 40 heavy (non-hydrogen) atoms. The lowest BCUT2D eigenvalue weighted by molar-refractivity contribution is -0.292. The molecular weight excluding hydrogens is 520 g/mol. The highest BCUT2D eigenvalue weighted by Crippen LogP contribution is 2.32. The van der Waals surface area contributed by atoms with Crippen molar-refractivity contribution in [1.82, 2.24) is 0 Å². The van der Waals surface area contributed by atoms with Gasteiger partial charge in [-0.25, -0.2) is 14.4 Å². The molecule has 3 aromatic rings. The maximum atomic E-state index is 13.2. The number of esters is 4. The van der Waals surface area contributed by atoms with E-state index in [0.717, 1.165) is 19.6 Å². The molecular formula is C30H28O10. The molecule has 5 atom stereocenters. The summed E-state index contributed by atoms with van der Waals surface area (Å²) in [5.41, 5.74) is 1.14. The second-order valence-corrected chi connectivity index (χ2v) is 8.79. The van der Waals surface area contributed by atoms with E-state index in [0.29, 0.717) is 0 Å². The fraction of sp³-hybridized carbons (Fsp3) is 0.267. The summed E-state index contributed by atoms with van der Waals surface area (Å²) in [7, 11) is 1.15. The summed E-state index contributed by atoms with van der Waals surface area (Å²) in [6, 6.07) is 25.2. The van der Waals surface area contributed by atoms with E-state index in [2.05, 4.69) is 0 Å². The van der Waals surface area contributed by atoms with Crippen molar-refractivity contribution in [3.63, 3.8) is 0 Å². The minimum atomic E-state index is -1.63. The molecule has 1 aliphatic rings. The number of carbonyl (C=O) groups excluding carboxylic acids is 4. The van der Waals surface area contributed by atoms with E-state index < -0.39 is 54.6 Å². The maximum Gasteiger partial charge on any atom is 0.338 e. The van der Waals surface area contributed by atoms with Crippen molar-refractivity contribution in [2.45, 2.75) is 44.2 Å². The van der Waals surface area contributed by atoms with Gasteiger partial charge in [-0.15, -0.1) is 0 Å². The first-order valence-electron chi connectivity index (χ1n) is 12.5. The standard InChI is InChI=1S/C30H28O10/c1-19(31)37-30-26(39-28(33)22-16-10-5-11-17-22)24(38-27(32)21-14-8-4-9-15-21)23(25(40-30)29(34)35-2)36-18-20-12-6-3-7-13-20/h3-17,23-26,30H,18H2,1-2H3/t23-,24-,25-,26+,30+/m0/s1. The van der Waals surface area contributed by atoms with Crippen LogP contribution in [0.1, 0.15) is 33.2 Å². The van der Waals surface area contributed by atoms with Gasteiger partial charge in [0.15, 0.2) is 12.2 Å². The van der Waals surface area contributed by atoms with E-state index in [1.807, 2.05) is 18.2 Å². The van der Waals surface area contributed by atoms with Crippen LogP contribution in [0.25, 0.3) is 0 Å². The molecule has 1 fully saturated rings. The lowest BCUT2D eigenvalue weighted by atomic mass is 9.97.